The molecule has 1 aromatic heterocycles. The van der Waals surface area contributed by atoms with Crippen molar-refractivity contribution in [2.45, 2.75) is 4.21 Å². The van der Waals surface area contributed by atoms with Crippen LogP contribution in [0.1, 0.15) is 5.56 Å². The second-order valence-electron chi connectivity index (χ2n) is 4.55. The Labute approximate surface area is 122 Å². The molecule has 3 rings (SSSR count). The molecule has 19 heavy (non-hydrogen) atoms. The molecule has 0 unspecified atom stereocenters. The number of fused-ring (bicyclic) bond motifs is 1. The Morgan fingerprint density at radius 1 is 1.21 bits per heavy atom. The number of thiophene rings is 1. The van der Waals surface area contributed by atoms with Gasteiger partial charge in [0.25, 0.3) is 0 Å². The molecule has 1 saturated heterocycles. The molecule has 102 valence electrons. The van der Waals surface area contributed by atoms with Gasteiger partial charge in [-0.15, -0.1) is 11.3 Å². The first-order chi connectivity index (χ1) is 9.42. The van der Waals surface area contributed by atoms with Crippen LogP contribution in [0.3, 0.4) is 0 Å². The fourth-order valence-electron chi connectivity index (χ4n) is 2.09. The highest BCUT2D eigenvalue weighted by atomic mass is 32.2. The van der Waals surface area contributed by atoms with Gasteiger partial charge in [0.2, 0.25) is 0 Å². The summed E-state index contributed by atoms with van der Waals surface area (Å²) >= 11 is 3.64. The largest absolute Gasteiger partial charge is 0.379 e. The molecule has 2 aliphatic heterocycles. The van der Waals surface area contributed by atoms with E-state index < -0.39 is 0 Å². The zero-order valence-electron chi connectivity index (χ0n) is 10.8. The van der Waals surface area contributed by atoms with Crippen molar-refractivity contribution in [2.24, 2.45) is 0 Å². The SMILES string of the molecule is C(=CCN1C=Cc2ccsc2S1)CN1CCOCC1. The number of morpholine rings is 1. The number of nitrogens with zero attached hydrogens (tertiary/aromatic N) is 2. The van der Waals surface area contributed by atoms with Gasteiger partial charge >= 0.3 is 0 Å². The highest BCUT2D eigenvalue weighted by Gasteiger charge is 2.11. The van der Waals surface area contributed by atoms with Crippen LogP contribution in [-0.4, -0.2) is 48.6 Å². The lowest BCUT2D eigenvalue weighted by Crippen LogP contribution is -2.36. The van der Waals surface area contributed by atoms with E-state index in [4.69, 9.17) is 4.74 Å². The average Bonchev–Trinajstić information content (AvgIpc) is 2.92. The van der Waals surface area contributed by atoms with Gasteiger partial charge in [-0.3, -0.25) is 4.90 Å². The van der Waals surface area contributed by atoms with E-state index >= 15 is 0 Å². The van der Waals surface area contributed by atoms with Crippen molar-refractivity contribution >= 4 is 29.4 Å². The molecule has 0 spiro atoms. The van der Waals surface area contributed by atoms with Crippen molar-refractivity contribution in [1.82, 2.24) is 9.21 Å². The third-order valence-corrected chi connectivity index (χ3v) is 5.34. The zero-order valence-corrected chi connectivity index (χ0v) is 12.5. The van der Waals surface area contributed by atoms with Crippen molar-refractivity contribution in [3.63, 3.8) is 0 Å². The van der Waals surface area contributed by atoms with Gasteiger partial charge in [-0.2, -0.15) is 0 Å². The Kier molecular flexibility index (Phi) is 4.61. The van der Waals surface area contributed by atoms with Crippen molar-refractivity contribution in [1.29, 1.82) is 0 Å². The van der Waals surface area contributed by atoms with Gasteiger partial charge in [0.05, 0.1) is 17.4 Å². The number of hydrogen-bond donors (Lipinski definition) is 0. The van der Waals surface area contributed by atoms with Crippen LogP contribution in [0.4, 0.5) is 0 Å². The number of hydrogen-bond acceptors (Lipinski definition) is 5. The van der Waals surface area contributed by atoms with Gasteiger partial charge in [-0.25, -0.2) is 0 Å². The summed E-state index contributed by atoms with van der Waals surface area (Å²) in [7, 11) is 0. The van der Waals surface area contributed by atoms with Crippen LogP contribution < -0.4 is 0 Å². The molecule has 3 heterocycles. The molecule has 2 aliphatic rings. The molecule has 0 amide bonds. The second-order valence-corrected chi connectivity index (χ2v) is 6.79. The maximum Gasteiger partial charge on any atom is 0.0882 e. The highest BCUT2D eigenvalue weighted by Crippen LogP contribution is 2.36. The molecule has 0 aliphatic carbocycles. The Hall–Kier alpha value is -0.750. The van der Waals surface area contributed by atoms with Crippen LogP contribution in [0.15, 0.2) is 34.0 Å². The predicted molar refractivity (Wildman–Crippen MR) is 82.3 cm³/mol. The van der Waals surface area contributed by atoms with Crippen LogP contribution in [0.5, 0.6) is 0 Å². The van der Waals surface area contributed by atoms with E-state index in [9.17, 15) is 0 Å². The Morgan fingerprint density at radius 2 is 2.05 bits per heavy atom. The minimum atomic E-state index is 0.875. The fourth-order valence-corrected chi connectivity index (χ4v) is 4.06. The average molecular weight is 294 g/mol. The summed E-state index contributed by atoms with van der Waals surface area (Å²) in [5, 5.41) is 2.15. The normalized spacial score (nSPS) is 20.1. The van der Waals surface area contributed by atoms with E-state index in [1.165, 1.54) is 9.77 Å². The summed E-state index contributed by atoms with van der Waals surface area (Å²) in [6, 6.07) is 2.18. The number of ether oxygens (including phenoxy) is 1. The Morgan fingerprint density at radius 3 is 2.95 bits per heavy atom. The molecule has 0 radical (unpaired) electrons. The summed E-state index contributed by atoms with van der Waals surface area (Å²) in [5.74, 6) is 0. The van der Waals surface area contributed by atoms with Crippen molar-refractivity contribution in [2.75, 3.05) is 39.4 Å². The molecule has 3 nitrogen and oxygen atoms in total. The van der Waals surface area contributed by atoms with E-state index in [0.717, 1.165) is 39.4 Å². The van der Waals surface area contributed by atoms with Gasteiger partial charge in [0, 0.05) is 37.9 Å². The van der Waals surface area contributed by atoms with Gasteiger partial charge in [0.1, 0.15) is 0 Å². The van der Waals surface area contributed by atoms with E-state index in [-0.39, 0.29) is 0 Å². The third kappa shape index (κ3) is 3.63. The monoisotopic (exact) mass is 294 g/mol. The van der Waals surface area contributed by atoms with Crippen LogP contribution in [0.25, 0.3) is 6.08 Å². The van der Waals surface area contributed by atoms with E-state index in [1.807, 2.05) is 23.3 Å². The minimum Gasteiger partial charge on any atom is -0.379 e. The second kappa shape index (κ2) is 6.61. The van der Waals surface area contributed by atoms with Crippen molar-refractivity contribution in [3.8, 4) is 0 Å². The molecule has 1 fully saturated rings. The first kappa shape index (κ1) is 13.2. The summed E-state index contributed by atoms with van der Waals surface area (Å²) in [6.07, 6.45) is 8.88. The minimum absolute atomic E-state index is 0.875. The van der Waals surface area contributed by atoms with Crippen LogP contribution in [-0.2, 0) is 4.74 Å². The molecule has 0 bridgehead atoms. The van der Waals surface area contributed by atoms with Gasteiger partial charge < -0.3 is 9.04 Å². The summed E-state index contributed by atoms with van der Waals surface area (Å²) < 4.78 is 9.01. The van der Waals surface area contributed by atoms with E-state index in [1.54, 1.807) is 0 Å². The fraction of sp³-hybridized carbons (Fsp3) is 0.429. The van der Waals surface area contributed by atoms with Gasteiger partial charge in [-0.05, 0) is 29.5 Å². The molecule has 0 N–H and O–H groups in total. The van der Waals surface area contributed by atoms with E-state index in [0.29, 0.717) is 0 Å². The first-order valence-electron chi connectivity index (χ1n) is 6.57. The molecule has 5 heteroatoms. The lowest BCUT2D eigenvalue weighted by atomic mass is 10.3. The maximum atomic E-state index is 5.34. The smallest absolute Gasteiger partial charge is 0.0882 e. The quantitative estimate of drug-likeness (QED) is 0.626. The number of rotatable bonds is 4. The summed E-state index contributed by atoms with van der Waals surface area (Å²) in [4.78, 5) is 2.43. The molecular formula is C14H18N2OS2. The maximum absolute atomic E-state index is 5.34. The Balaban J connectivity index is 1.43. The zero-order chi connectivity index (χ0) is 12.9. The predicted octanol–water partition coefficient (Wildman–Crippen LogP) is 2.93. The highest BCUT2D eigenvalue weighted by molar-refractivity contribution is 7.99. The topological polar surface area (TPSA) is 15.7 Å². The standard InChI is InChI=1S/C14H18N2OS2/c1(5-15-8-10-17-11-9-15)2-6-16-7-3-13-4-12-18-14(13)19-16/h1-4,7,12H,5-6,8-11H2. The molecule has 0 saturated carbocycles. The van der Waals surface area contributed by atoms with Gasteiger partial charge in [-0.1, -0.05) is 12.2 Å². The summed E-state index contributed by atoms with van der Waals surface area (Å²) in [6.45, 7) is 5.86. The van der Waals surface area contributed by atoms with Crippen LogP contribution in [0, 0.1) is 0 Å². The first-order valence-corrected chi connectivity index (χ1v) is 8.22. The molecule has 1 aromatic rings. The third-order valence-electron chi connectivity index (χ3n) is 3.20. The van der Waals surface area contributed by atoms with E-state index in [2.05, 4.69) is 45.1 Å². The molecule has 0 aromatic carbocycles. The van der Waals surface area contributed by atoms with Gasteiger partial charge in [0.15, 0.2) is 0 Å². The van der Waals surface area contributed by atoms with Crippen LogP contribution in [0.2, 0.25) is 0 Å². The van der Waals surface area contributed by atoms with Crippen molar-refractivity contribution < 1.29 is 4.74 Å². The molecule has 0 atom stereocenters. The lowest BCUT2D eigenvalue weighted by molar-refractivity contribution is 0.0434. The summed E-state index contributed by atoms with van der Waals surface area (Å²) in [5.41, 5.74) is 1.35. The lowest BCUT2D eigenvalue weighted by Gasteiger charge is -2.25. The van der Waals surface area contributed by atoms with Crippen molar-refractivity contribution in [3.05, 3.63) is 35.4 Å². The Bertz CT molecular complexity index is 464. The van der Waals surface area contributed by atoms with Crippen LogP contribution >= 0.6 is 23.3 Å². The molecular weight excluding hydrogens is 276 g/mol.